The van der Waals surface area contributed by atoms with Crippen molar-refractivity contribution >= 4 is 5.91 Å². The average Bonchev–Trinajstić information content (AvgIpc) is 2.43. The normalized spacial score (nSPS) is 10.3. The van der Waals surface area contributed by atoms with E-state index in [1.165, 1.54) is 4.57 Å². The number of nitrogens with two attached hydrogens (primary N) is 1. The van der Waals surface area contributed by atoms with E-state index in [9.17, 15) is 9.59 Å². The number of aromatic nitrogens is 1. The van der Waals surface area contributed by atoms with Crippen molar-refractivity contribution in [2.24, 2.45) is 12.8 Å². The van der Waals surface area contributed by atoms with Crippen molar-refractivity contribution in [1.82, 2.24) is 4.57 Å². The third-order valence-corrected chi connectivity index (χ3v) is 3.07. The molecule has 0 aliphatic carbocycles. The Bertz CT molecular complexity index is 687. The number of methoxy groups -OCH3 is 1. The van der Waals surface area contributed by atoms with Crippen molar-refractivity contribution in [2.45, 2.75) is 6.42 Å². The first-order valence-electron chi connectivity index (χ1n) is 6.13. The Labute approximate surface area is 116 Å². The molecule has 5 heteroatoms. The van der Waals surface area contributed by atoms with Gasteiger partial charge in [0.2, 0.25) is 0 Å². The minimum absolute atomic E-state index is 0.0125. The monoisotopic (exact) mass is 272 g/mol. The Morgan fingerprint density at radius 2 is 1.90 bits per heavy atom. The molecule has 1 aromatic heterocycles. The van der Waals surface area contributed by atoms with Gasteiger partial charge < -0.3 is 15.0 Å². The van der Waals surface area contributed by atoms with Crippen molar-refractivity contribution in [3.63, 3.8) is 0 Å². The standard InChI is InChI=1S/C15H16N2O3/c1-17-9-11(8-13(14(16)18)15(17)19)7-10-3-5-12(20-2)6-4-10/h3-6,8-9H,7H2,1-2H3,(H2,16,18). The van der Waals surface area contributed by atoms with Gasteiger partial charge in [-0.15, -0.1) is 0 Å². The molecule has 0 saturated carbocycles. The van der Waals surface area contributed by atoms with Crippen LogP contribution in [0.25, 0.3) is 0 Å². The Morgan fingerprint density at radius 3 is 2.45 bits per heavy atom. The third kappa shape index (κ3) is 2.88. The van der Waals surface area contributed by atoms with Crippen molar-refractivity contribution < 1.29 is 9.53 Å². The number of amides is 1. The molecule has 2 N–H and O–H groups in total. The number of hydrogen-bond donors (Lipinski definition) is 1. The van der Waals surface area contributed by atoms with Gasteiger partial charge in [-0.25, -0.2) is 0 Å². The summed E-state index contributed by atoms with van der Waals surface area (Å²) in [5.41, 5.74) is 6.76. The van der Waals surface area contributed by atoms with Crippen LogP contribution in [0.5, 0.6) is 5.75 Å². The number of benzene rings is 1. The molecule has 0 saturated heterocycles. The van der Waals surface area contributed by atoms with E-state index in [0.717, 1.165) is 16.9 Å². The fourth-order valence-corrected chi connectivity index (χ4v) is 2.03. The highest BCUT2D eigenvalue weighted by molar-refractivity contribution is 5.92. The Balaban J connectivity index is 2.33. The van der Waals surface area contributed by atoms with E-state index >= 15 is 0 Å². The molecule has 0 aliphatic rings. The predicted octanol–water partition coefficient (Wildman–Crippen LogP) is 1.08. The van der Waals surface area contributed by atoms with Gasteiger partial charge in [0.15, 0.2) is 0 Å². The number of nitrogens with zero attached hydrogens (tertiary/aromatic N) is 1. The third-order valence-electron chi connectivity index (χ3n) is 3.07. The molecule has 0 unspecified atom stereocenters. The first kappa shape index (κ1) is 13.9. The number of rotatable bonds is 4. The van der Waals surface area contributed by atoms with Gasteiger partial charge in [-0.3, -0.25) is 9.59 Å². The zero-order valence-corrected chi connectivity index (χ0v) is 11.4. The number of ether oxygens (including phenoxy) is 1. The van der Waals surface area contributed by atoms with E-state index in [1.54, 1.807) is 26.4 Å². The molecule has 2 rings (SSSR count). The highest BCUT2D eigenvalue weighted by Gasteiger charge is 2.10. The molecule has 2 aromatic rings. The number of primary amides is 1. The largest absolute Gasteiger partial charge is 0.497 e. The van der Waals surface area contributed by atoms with Crippen LogP contribution >= 0.6 is 0 Å². The molecule has 0 radical (unpaired) electrons. The lowest BCUT2D eigenvalue weighted by Gasteiger charge is -2.07. The summed E-state index contributed by atoms with van der Waals surface area (Å²) in [7, 11) is 3.22. The molecule has 0 spiro atoms. The quantitative estimate of drug-likeness (QED) is 0.905. The fourth-order valence-electron chi connectivity index (χ4n) is 2.03. The highest BCUT2D eigenvalue weighted by atomic mass is 16.5. The molecular formula is C15H16N2O3. The van der Waals surface area contributed by atoms with Crippen LogP contribution in [-0.2, 0) is 13.5 Å². The summed E-state index contributed by atoms with van der Waals surface area (Å²) < 4.78 is 6.47. The minimum Gasteiger partial charge on any atom is -0.497 e. The molecule has 1 amide bonds. The Hall–Kier alpha value is -2.56. The van der Waals surface area contributed by atoms with Crippen LogP contribution in [0.1, 0.15) is 21.5 Å². The molecule has 104 valence electrons. The van der Waals surface area contributed by atoms with E-state index in [4.69, 9.17) is 10.5 Å². The summed E-state index contributed by atoms with van der Waals surface area (Å²) in [6.07, 6.45) is 2.32. The van der Waals surface area contributed by atoms with Crippen molar-refractivity contribution in [3.05, 3.63) is 63.6 Å². The van der Waals surface area contributed by atoms with Crippen LogP contribution in [0.15, 0.2) is 41.3 Å². The summed E-state index contributed by atoms with van der Waals surface area (Å²) in [5.74, 6) is 0.0780. The molecule has 20 heavy (non-hydrogen) atoms. The maximum absolute atomic E-state index is 11.7. The molecule has 1 aromatic carbocycles. The summed E-state index contributed by atoms with van der Waals surface area (Å²) in [6.45, 7) is 0. The van der Waals surface area contributed by atoms with Gasteiger partial charge >= 0.3 is 0 Å². The molecular weight excluding hydrogens is 256 g/mol. The topological polar surface area (TPSA) is 74.3 Å². The lowest BCUT2D eigenvalue weighted by molar-refractivity contribution is 0.0998. The zero-order chi connectivity index (χ0) is 14.7. The van der Waals surface area contributed by atoms with Crippen molar-refractivity contribution in [3.8, 4) is 5.75 Å². The first-order valence-corrected chi connectivity index (χ1v) is 6.13. The van der Waals surface area contributed by atoms with Crippen LogP contribution in [-0.4, -0.2) is 17.6 Å². The predicted molar refractivity (Wildman–Crippen MR) is 76.0 cm³/mol. The van der Waals surface area contributed by atoms with Crippen LogP contribution in [0.2, 0.25) is 0 Å². The lowest BCUT2D eigenvalue weighted by Crippen LogP contribution is -2.28. The maximum atomic E-state index is 11.7. The summed E-state index contributed by atoms with van der Waals surface area (Å²) in [6, 6.07) is 9.16. The van der Waals surface area contributed by atoms with Gasteiger partial charge in [-0.1, -0.05) is 12.1 Å². The summed E-state index contributed by atoms with van der Waals surface area (Å²) in [4.78, 5) is 23.0. The van der Waals surface area contributed by atoms with Gasteiger partial charge in [0.05, 0.1) is 7.11 Å². The lowest BCUT2D eigenvalue weighted by atomic mass is 10.0. The number of pyridine rings is 1. The fraction of sp³-hybridized carbons (Fsp3) is 0.200. The number of carbonyl (C=O) groups excluding carboxylic acids is 1. The van der Waals surface area contributed by atoms with Gasteiger partial charge in [0.1, 0.15) is 11.3 Å². The number of hydrogen-bond acceptors (Lipinski definition) is 3. The average molecular weight is 272 g/mol. The van der Waals surface area contributed by atoms with E-state index < -0.39 is 5.91 Å². The van der Waals surface area contributed by atoms with Gasteiger partial charge in [0, 0.05) is 13.2 Å². The Morgan fingerprint density at radius 1 is 1.25 bits per heavy atom. The van der Waals surface area contributed by atoms with Crippen molar-refractivity contribution in [1.29, 1.82) is 0 Å². The zero-order valence-electron chi connectivity index (χ0n) is 11.4. The Kier molecular flexibility index (Phi) is 3.89. The van der Waals surface area contributed by atoms with Gasteiger partial charge in [-0.2, -0.15) is 0 Å². The van der Waals surface area contributed by atoms with Crippen molar-refractivity contribution in [2.75, 3.05) is 7.11 Å². The SMILES string of the molecule is COc1ccc(Cc2cc(C(N)=O)c(=O)n(C)c2)cc1. The summed E-state index contributed by atoms with van der Waals surface area (Å²) >= 11 is 0. The number of carbonyl (C=O) groups is 1. The molecule has 0 bridgehead atoms. The van der Waals surface area contributed by atoms with Crippen LogP contribution in [0.3, 0.4) is 0 Å². The minimum atomic E-state index is -0.706. The second kappa shape index (κ2) is 5.61. The van der Waals surface area contributed by atoms with E-state index in [-0.39, 0.29) is 11.1 Å². The van der Waals surface area contributed by atoms with E-state index in [2.05, 4.69) is 0 Å². The first-order chi connectivity index (χ1) is 9.51. The van der Waals surface area contributed by atoms with Crippen LogP contribution in [0.4, 0.5) is 0 Å². The molecule has 1 heterocycles. The molecule has 0 atom stereocenters. The van der Waals surface area contributed by atoms with Crippen LogP contribution < -0.4 is 16.0 Å². The second-order valence-corrected chi connectivity index (χ2v) is 4.57. The van der Waals surface area contributed by atoms with E-state index in [1.807, 2.05) is 24.3 Å². The molecule has 5 nitrogen and oxygen atoms in total. The smallest absolute Gasteiger partial charge is 0.263 e. The van der Waals surface area contributed by atoms with Gasteiger partial charge in [0.25, 0.3) is 11.5 Å². The summed E-state index contributed by atoms with van der Waals surface area (Å²) in [5, 5.41) is 0. The van der Waals surface area contributed by atoms with Crippen LogP contribution in [0, 0.1) is 0 Å². The highest BCUT2D eigenvalue weighted by Crippen LogP contribution is 2.14. The van der Waals surface area contributed by atoms with E-state index in [0.29, 0.717) is 6.42 Å². The molecule has 0 fully saturated rings. The molecule has 0 aliphatic heterocycles. The maximum Gasteiger partial charge on any atom is 0.263 e. The number of aryl methyl sites for hydroxylation is 1. The second-order valence-electron chi connectivity index (χ2n) is 4.57. The van der Waals surface area contributed by atoms with Gasteiger partial charge in [-0.05, 0) is 35.7 Å².